The lowest BCUT2D eigenvalue weighted by Gasteiger charge is -2.60. The normalized spacial score (nSPS) is 35.9. The molecule has 3 aliphatic carbocycles. The number of ether oxygens (including phenoxy) is 1. The third kappa shape index (κ3) is 3.82. The number of anilines is 1. The zero-order valence-electron chi connectivity index (χ0n) is 21.4. The first kappa shape index (κ1) is 25.2. The zero-order valence-corrected chi connectivity index (χ0v) is 21.4. The molecular formula is C28H35F3N2O3. The van der Waals surface area contributed by atoms with Gasteiger partial charge < -0.3 is 15.0 Å². The van der Waals surface area contributed by atoms with Crippen molar-refractivity contribution >= 4 is 17.5 Å². The van der Waals surface area contributed by atoms with Crippen molar-refractivity contribution in [2.75, 3.05) is 19.5 Å². The molecule has 8 heteroatoms. The molecule has 1 unspecified atom stereocenters. The molecule has 5 rings (SSSR count). The Hall–Kier alpha value is -2.51. The van der Waals surface area contributed by atoms with Crippen LogP contribution in [0.1, 0.15) is 64.4 Å². The molecule has 0 spiro atoms. The highest BCUT2D eigenvalue weighted by molar-refractivity contribution is 6.23. The Morgan fingerprint density at radius 1 is 1.11 bits per heavy atom. The van der Waals surface area contributed by atoms with Gasteiger partial charge in [-0.2, -0.15) is 13.2 Å². The third-order valence-corrected chi connectivity index (χ3v) is 9.99. The zero-order chi connectivity index (χ0) is 26.0. The molecular weight excluding hydrogens is 469 g/mol. The van der Waals surface area contributed by atoms with Gasteiger partial charge in [-0.25, -0.2) is 0 Å². The predicted molar refractivity (Wildman–Crippen MR) is 130 cm³/mol. The van der Waals surface area contributed by atoms with E-state index in [2.05, 4.69) is 19.2 Å². The van der Waals surface area contributed by atoms with E-state index in [-0.39, 0.29) is 34.4 Å². The molecule has 36 heavy (non-hydrogen) atoms. The average Bonchev–Trinajstić information content (AvgIpc) is 3.22. The first-order valence-corrected chi connectivity index (χ1v) is 13.0. The summed E-state index contributed by atoms with van der Waals surface area (Å²) in [4.78, 5) is 28.3. The first-order valence-electron chi connectivity index (χ1n) is 13.0. The van der Waals surface area contributed by atoms with Crippen molar-refractivity contribution < 1.29 is 27.5 Å². The summed E-state index contributed by atoms with van der Waals surface area (Å²) in [5, 5.41) is 2.54. The molecule has 1 aliphatic heterocycles. The number of fused-ring (bicyclic) bond motifs is 5. The van der Waals surface area contributed by atoms with Gasteiger partial charge in [0.15, 0.2) is 0 Å². The molecule has 4 aliphatic rings. The highest BCUT2D eigenvalue weighted by atomic mass is 19.4. The Morgan fingerprint density at radius 3 is 2.56 bits per heavy atom. The van der Waals surface area contributed by atoms with Gasteiger partial charge in [-0.3, -0.25) is 9.59 Å². The molecule has 2 amide bonds. The maximum Gasteiger partial charge on any atom is 0.420 e. The fraction of sp³-hybridized carbons (Fsp3) is 0.643. The van der Waals surface area contributed by atoms with Crippen molar-refractivity contribution in [2.45, 2.75) is 71.0 Å². The van der Waals surface area contributed by atoms with Crippen LogP contribution in [0.25, 0.3) is 0 Å². The fourth-order valence-corrected chi connectivity index (χ4v) is 8.25. The highest BCUT2D eigenvalue weighted by Gasteiger charge is 2.59. The quantitative estimate of drug-likeness (QED) is 0.510. The number of nitrogens with one attached hydrogen (secondary N) is 1. The van der Waals surface area contributed by atoms with Crippen molar-refractivity contribution in [3.8, 4) is 5.75 Å². The number of rotatable bonds is 3. The number of halogens is 3. The summed E-state index contributed by atoms with van der Waals surface area (Å²) in [7, 11) is 2.92. The Kier molecular flexibility index (Phi) is 5.95. The van der Waals surface area contributed by atoms with Gasteiger partial charge in [0.25, 0.3) is 11.8 Å². The van der Waals surface area contributed by atoms with E-state index in [4.69, 9.17) is 4.74 Å². The molecule has 0 bridgehead atoms. The van der Waals surface area contributed by atoms with Crippen LogP contribution in [0.2, 0.25) is 0 Å². The number of benzene rings is 1. The van der Waals surface area contributed by atoms with Crippen molar-refractivity contribution in [3.05, 3.63) is 35.4 Å². The first-order chi connectivity index (χ1) is 16.9. The van der Waals surface area contributed by atoms with Crippen LogP contribution in [0, 0.1) is 28.6 Å². The second-order valence-corrected chi connectivity index (χ2v) is 11.8. The number of nitrogens with zero attached hydrogens (tertiary/aromatic N) is 1. The number of hydrogen-bond donors (Lipinski definition) is 1. The van der Waals surface area contributed by atoms with E-state index < -0.39 is 17.6 Å². The molecule has 5 nitrogen and oxygen atoms in total. The van der Waals surface area contributed by atoms with E-state index in [9.17, 15) is 22.8 Å². The smallest absolute Gasteiger partial charge is 0.420 e. The van der Waals surface area contributed by atoms with Gasteiger partial charge in [-0.1, -0.05) is 26.3 Å². The molecule has 3 fully saturated rings. The number of carbonyl (C=O) groups excluding carboxylic acids is 2. The van der Waals surface area contributed by atoms with Gasteiger partial charge in [-0.05, 0) is 79.9 Å². The van der Waals surface area contributed by atoms with Crippen molar-refractivity contribution in [2.24, 2.45) is 28.6 Å². The maximum atomic E-state index is 13.5. The molecule has 1 N–H and O–H groups in total. The molecule has 6 atom stereocenters. The van der Waals surface area contributed by atoms with Crippen LogP contribution in [0.5, 0.6) is 5.75 Å². The molecule has 196 valence electrons. The summed E-state index contributed by atoms with van der Waals surface area (Å²) in [6.45, 7) is 4.61. The van der Waals surface area contributed by atoms with Crippen molar-refractivity contribution in [3.63, 3.8) is 0 Å². The molecule has 0 aromatic heterocycles. The molecule has 1 aromatic carbocycles. The summed E-state index contributed by atoms with van der Waals surface area (Å²) in [6.07, 6.45) is 5.28. The van der Waals surface area contributed by atoms with Crippen LogP contribution in [0.3, 0.4) is 0 Å². The van der Waals surface area contributed by atoms with Gasteiger partial charge in [0.2, 0.25) is 0 Å². The Labute approximate surface area is 210 Å². The lowest BCUT2D eigenvalue weighted by atomic mass is 9.48. The minimum absolute atomic E-state index is 0.0148. The molecule has 1 aromatic rings. The maximum absolute atomic E-state index is 13.5. The lowest BCUT2D eigenvalue weighted by molar-refractivity contribution is -0.141. The van der Waals surface area contributed by atoms with E-state index in [0.29, 0.717) is 23.2 Å². The van der Waals surface area contributed by atoms with Gasteiger partial charge in [0.1, 0.15) is 11.3 Å². The highest BCUT2D eigenvalue weighted by Crippen LogP contribution is 2.64. The fourth-order valence-electron chi connectivity index (χ4n) is 8.25. The Balaban J connectivity index is 1.46. The predicted octanol–water partition coefficient (Wildman–Crippen LogP) is 6.05. The number of alkyl halides is 3. The standard InChI is InChI=1S/C28H35F3N2O3/c1-26-12-5-6-19(26)17-8-10-23-27(2,20(17)11-13-26)15-18(25(35)33(23)3)24(34)32-16-7-9-22(36-4)21(14-16)28(29,30)31/h7,9,14-15,17,19-20,23H,5-6,8,10-13H2,1-4H3,(H,32,34)/t17-,19-,20+,23?,26-,27+/m0/s1. The van der Waals surface area contributed by atoms with Crippen molar-refractivity contribution in [1.82, 2.24) is 4.90 Å². The van der Waals surface area contributed by atoms with E-state index in [1.807, 2.05) is 6.08 Å². The summed E-state index contributed by atoms with van der Waals surface area (Å²) >= 11 is 0. The van der Waals surface area contributed by atoms with Crippen LogP contribution >= 0.6 is 0 Å². The van der Waals surface area contributed by atoms with E-state index >= 15 is 0 Å². The SMILES string of the molecule is COc1ccc(NC(=O)C2=C[C@@]3(C)C(CC[C@@H]4[C@H]3CC[C@]3(C)CCC[C@@H]43)N(C)C2=O)cc1C(F)(F)F. The summed E-state index contributed by atoms with van der Waals surface area (Å²) in [6, 6.07) is 3.39. The summed E-state index contributed by atoms with van der Waals surface area (Å²) in [5.41, 5.74) is -0.944. The molecule has 0 radical (unpaired) electrons. The number of methoxy groups -OCH3 is 1. The van der Waals surface area contributed by atoms with Crippen LogP contribution in [0.4, 0.5) is 18.9 Å². The lowest BCUT2D eigenvalue weighted by Crippen LogP contribution is -2.60. The Morgan fingerprint density at radius 2 is 1.86 bits per heavy atom. The van der Waals surface area contributed by atoms with Gasteiger partial charge in [-0.15, -0.1) is 0 Å². The molecule has 0 saturated heterocycles. The largest absolute Gasteiger partial charge is 0.496 e. The average molecular weight is 505 g/mol. The second-order valence-electron chi connectivity index (χ2n) is 11.8. The molecule has 1 heterocycles. The second kappa shape index (κ2) is 8.52. The number of carbonyl (C=O) groups is 2. The Bertz CT molecular complexity index is 1120. The van der Waals surface area contributed by atoms with E-state index in [0.717, 1.165) is 32.4 Å². The van der Waals surface area contributed by atoms with Gasteiger partial charge >= 0.3 is 6.18 Å². The topological polar surface area (TPSA) is 58.6 Å². The van der Waals surface area contributed by atoms with E-state index in [1.54, 1.807) is 11.9 Å². The minimum Gasteiger partial charge on any atom is -0.496 e. The van der Waals surface area contributed by atoms with Crippen LogP contribution in [-0.2, 0) is 15.8 Å². The number of amides is 2. The monoisotopic (exact) mass is 504 g/mol. The van der Waals surface area contributed by atoms with Gasteiger partial charge in [0, 0.05) is 24.2 Å². The van der Waals surface area contributed by atoms with Crippen LogP contribution in [0.15, 0.2) is 29.8 Å². The summed E-state index contributed by atoms with van der Waals surface area (Å²) in [5.74, 6) is 0.262. The number of likely N-dealkylation sites (N-methyl/N-ethyl adjacent to an activating group) is 1. The molecule has 3 saturated carbocycles. The van der Waals surface area contributed by atoms with Gasteiger partial charge in [0.05, 0.1) is 12.7 Å². The third-order valence-electron chi connectivity index (χ3n) is 9.99. The number of hydrogen-bond acceptors (Lipinski definition) is 3. The van der Waals surface area contributed by atoms with Crippen molar-refractivity contribution in [1.29, 1.82) is 0 Å². The minimum atomic E-state index is -4.64. The van der Waals surface area contributed by atoms with E-state index in [1.165, 1.54) is 37.8 Å². The van der Waals surface area contributed by atoms with Crippen LogP contribution < -0.4 is 10.1 Å². The summed E-state index contributed by atoms with van der Waals surface area (Å²) < 4.78 is 45.2. The van der Waals surface area contributed by atoms with Crippen LogP contribution in [-0.4, -0.2) is 36.9 Å².